The van der Waals surface area contributed by atoms with Gasteiger partial charge in [-0.05, 0) is 35.7 Å². The monoisotopic (exact) mass is 333 g/mol. The number of phenolic OH excluding ortho intramolecular Hbond substituents is 1. The lowest BCUT2D eigenvalue weighted by Gasteiger charge is -2.15. The van der Waals surface area contributed by atoms with Gasteiger partial charge in [-0.25, -0.2) is 9.97 Å². The molecule has 126 valence electrons. The highest BCUT2D eigenvalue weighted by Gasteiger charge is 2.11. The maximum absolute atomic E-state index is 12.2. The third-order valence-corrected chi connectivity index (χ3v) is 3.96. The first-order chi connectivity index (χ1) is 12.1. The van der Waals surface area contributed by atoms with Crippen molar-refractivity contribution in [1.82, 2.24) is 15.3 Å². The summed E-state index contributed by atoms with van der Waals surface area (Å²) in [6.45, 7) is 1.95. The van der Waals surface area contributed by atoms with E-state index in [-0.39, 0.29) is 24.1 Å². The molecule has 0 aliphatic carbocycles. The SMILES string of the molecule is CC(NC(=O)Cc1cccc(O)c1)c1ccc(-c2cncnc2)cc1. The van der Waals surface area contributed by atoms with E-state index in [9.17, 15) is 9.90 Å². The molecule has 5 nitrogen and oxygen atoms in total. The molecule has 1 atom stereocenters. The molecule has 3 rings (SSSR count). The number of carbonyl (C=O) groups excluding carboxylic acids is 1. The summed E-state index contributed by atoms with van der Waals surface area (Å²) in [4.78, 5) is 20.2. The van der Waals surface area contributed by atoms with Gasteiger partial charge < -0.3 is 10.4 Å². The van der Waals surface area contributed by atoms with Gasteiger partial charge in [-0.3, -0.25) is 4.79 Å². The second-order valence-corrected chi connectivity index (χ2v) is 5.89. The summed E-state index contributed by atoms with van der Waals surface area (Å²) in [6.07, 6.45) is 5.27. The normalized spacial score (nSPS) is 11.7. The van der Waals surface area contributed by atoms with Crippen LogP contribution in [-0.4, -0.2) is 21.0 Å². The van der Waals surface area contributed by atoms with E-state index in [2.05, 4.69) is 15.3 Å². The van der Waals surface area contributed by atoms with Gasteiger partial charge in [0, 0.05) is 18.0 Å². The second-order valence-electron chi connectivity index (χ2n) is 5.89. The van der Waals surface area contributed by atoms with Gasteiger partial charge >= 0.3 is 0 Å². The Morgan fingerprint density at radius 3 is 2.48 bits per heavy atom. The first-order valence-electron chi connectivity index (χ1n) is 8.04. The number of nitrogens with one attached hydrogen (secondary N) is 1. The summed E-state index contributed by atoms with van der Waals surface area (Å²) >= 11 is 0. The van der Waals surface area contributed by atoms with Crippen LogP contribution in [0.15, 0.2) is 67.3 Å². The van der Waals surface area contributed by atoms with Gasteiger partial charge in [0.05, 0.1) is 12.5 Å². The van der Waals surface area contributed by atoms with E-state index >= 15 is 0 Å². The van der Waals surface area contributed by atoms with Crippen molar-refractivity contribution in [3.05, 3.63) is 78.4 Å². The summed E-state index contributed by atoms with van der Waals surface area (Å²) in [7, 11) is 0. The van der Waals surface area contributed by atoms with Crippen molar-refractivity contribution < 1.29 is 9.90 Å². The fourth-order valence-electron chi connectivity index (χ4n) is 2.64. The summed E-state index contributed by atoms with van der Waals surface area (Å²) in [5.74, 6) is 0.0810. The molecule has 1 unspecified atom stereocenters. The Morgan fingerprint density at radius 2 is 1.80 bits per heavy atom. The Hall–Kier alpha value is -3.21. The van der Waals surface area contributed by atoms with Crippen LogP contribution in [0.2, 0.25) is 0 Å². The Morgan fingerprint density at radius 1 is 1.08 bits per heavy atom. The van der Waals surface area contributed by atoms with E-state index in [1.165, 1.54) is 6.33 Å². The molecule has 25 heavy (non-hydrogen) atoms. The number of hydrogen-bond donors (Lipinski definition) is 2. The largest absolute Gasteiger partial charge is 0.508 e. The fraction of sp³-hybridized carbons (Fsp3) is 0.150. The zero-order chi connectivity index (χ0) is 17.6. The summed E-state index contributed by atoms with van der Waals surface area (Å²) in [5.41, 5.74) is 3.78. The zero-order valence-corrected chi connectivity index (χ0v) is 13.9. The smallest absolute Gasteiger partial charge is 0.224 e. The standard InChI is InChI=1S/C20H19N3O2/c1-14(23-20(25)10-15-3-2-4-19(24)9-15)16-5-7-17(8-6-16)18-11-21-13-22-12-18/h2-9,11-14,24H,10H2,1H3,(H,23,25). The van der Waals surface area contributed by atoms with Gasteiger partial charge in [-0.2, -0.15) is 0 Å². The van der Waals surface area contributed by atoms with E-state index in [1.807, 2.05) is 37.3 Å². The van der Waals surface area contributed by atoms with Gasteiger partial charge in [0.1, 0.15) is 12.1 Å². The average Bonchev–Trinajstić information content (AvgIpc) is 2.62. The number of amides is 1. The maximum Gasteiger partial charge on any atom is 0.224 e. The number of rotatable bonds is 5. The number of carbonyl (C=O) groups is 1. The third-order valence-electron chi connectivity index (χ3n) is 3.96. The van der Waals surface area contributed by atoms with Crippen LogP contribution in [0, 0.1) is 0 Å². The minimum absolute atomic E-state index is 0.0846. The summed E-state index contributed by atoms with van der Waals surface area (Å²) < 4.78 is 0. The molecule has 5 heteroatoms. The molecule has 0 fully saturated rings. The number of hydrogen-bond acceptors (Lipinski definition) is 4. The van der Waals surface area contributed by atoms with Gasteiger partial charge in [0.15, 0.2) is 0 Å². The molecule has 0 aliphatic rings. The lowest BCUT2D eigenvalue weighted by molar-refractivity contribution is -0.121. The molecule has 0 aliphatic heterocycles. The van der Waals surface area contributed by atoms with Crippen LogP contribution in [0.25, 0.3) is 11.1 Å². The minimum atomic E-state index is -0.106. The number of aromatic nitrogens is 2. The lowest BCUT2D eigenvalue weighted by atomic mass is 10.0. The van der Waals surface area contributed by atoms with Crippen molar-refractivity contribution >= 4 is 5.91 Å². The average molecular weight is 333 g/mol. The van der Waals surface area contributed by atoms with Crippen molar-refractivity contribution in [3.8, 4) is 16.9 Å². The van der Waals surface area contributed by atoms with Crippen LogP contribution >= 0.6 is 0 Å². The van der Waals surface area contributed by atoms with E-state index in [4.69, 9.17) is 0 Å². The zero-order valence-electron chi connectivity index (χ0n) is 13.9. The first kappa shape index (κ1) is 16.6. The van der Waals surface area contributed by atoms with Crippen LogP contribution in [0.3, 0.4) is 0 Å². The van der Waals surface area contributed by atoms with E-state index in [0.29, 0.717) is 0 Å². The highest BCUT2D eigenvalue weighted by atomic mass is 16.3. The van der Waals surface area contributed by atoms with Crippen LogP contribution in [0.1, 0.15) is 24.1 Å². The van der Waals surface area contributed by atoms with Crippen LogP contribution in [0.5, 0.6) is 5.75 Å². The number of aromatic hydroxyl groups is 1. The lowest BCUT2D eigenvalue weighted by Crippen LogP contribution is -2.28. The minimum Gasteiger partial charge on any atom is -0.508 e. The molecule has 0 saturated heterocycles. The number of nitrogens with zero attached hydrogens (tertiary/aromatic N) is 2. The van der Waals surface area contributed by atoms with E-state index in [0.717, 1.165) is 22.3 Å². The molecule has 3 aromatic rings. The molecular formula is C20H19N3O2. The Labute approximate surface area is 146 Å². The van der Waals surface area contributed by atoms with Crippen LogP contribution < -0.4 is 5.32 Å². The molecule has 2 aromatic carbocycles. The molecule has 0 saturated carbocycles. The van der Waals surface area contributed by atoms with E-state index < -0.39 is 0 Å². The summed E-state index contributed by atoms with van der Waals surface area (Å²) in [6, 6.07) is 14.6. The molecule has 2 N–H and O–H groups in total. The molecule has 1 aromatic heterocycles. The number of phenols is 1. The highest BCUT2D eigenvalue weighted by Crippen LogP contribution is 2.21. The van der Waals surface area contributed by atoms with Crippen molar-refractivity contribution in [2.45, 2.75) is 19.4 Å². The van der Waals surface area contributed by atoms with Crippen molar-refractivity contribution in [2.75, 3.05) is 0 Å². The first-order valence-corrected chi connectivity index (χ1v) is 8.04. The molecular weight excluding hydrogens is 314 g/mol. The third kappa shape index (κ3) is 4.41. The molecule has 0 radical (unpaired) electrons. The van der Waals surface area contributed by atoms with Gasteiger partial charge in [0.25, 0.3) is 0 Å². The van der Waals surface area contributed by atoms with Gasteiger partial charge in [-0.15, -0.1) is 0 Å². The van der Waals surface area contributed by atoms with E-state index in [1.54, 1.807) is 30.6 Å². The second kappa shape index (κ2) is 7.57. The summed E-state index contributed by atoms with van der Waals surface area (Å²) in [5, 5.41) is 12.4. The molecule has 1 amide bonds. The van der Waals surface area contributed by atoms with Gasteiger partial charge in [0.2, 0.25) is 5.91 Å². The van der Waals surface area contributed by atoms with Crippen LogP contribution in [0.4, 0.5) is 0 Å². The predicted molar refractivity (Wildman–Crippen MR) is 95.8 cm³/mol. The van der Waals surface area contributed by atoms with Crippen molar-refractivity contribution in [3.63, 3.8) is 0 Å². The topological polar surface area (TPSA) is 75.1 Å². The molecule has 0 spiro atoms. The predicted octanol–water partition coefficient (Wildman–Crippen LogP) is 3.27. The Kier molecular flexibility index (Phi) is 5.04. The maximum atomic E-state index is 12.2. The van der Waals surface area contributed by atoms with Crippen LogP contribution in [-0.2, 0) is 11.2 Å². The quantitative estimate of drug-likeness (QED) is 0.751. The van der Waals surface area contributed by atoms with Crippen molar-refractivity contribution in [2.24, 2.45) is 0 Å². The van der Waals surface area contributed by atoms with Crippen molar-refractivity contribution in [1.29, 1.82) is 0 Å². The molecule has 1 heterocycles. The number of benzene rings is 2. The Balaban J connectivity index is 1.63. The fourth-order valence-corrected chi connectivity index (χ4v) is 2.64. The molecule has 0 bridgehead atoms. The highest BCUT2D eigenvalue weighted by molar-refractivity contribution is 5.79. The van der Waals surface area contributed by atoms with Gasteiger partial charge in [-0.1, -0.05) is 36.4 Å². The Bertz CT molecular complexity index is 848.